The molecule has 1 heterocycles. The van der Waals surface area contributed by atoms with Crippen molar-refractivity contribution in [1.29, 1.82) is 0 Å². The van der Waals surface area contributed by atoms with Crippen LogP contribution in [0.5, 0.6) is 0 Å². The van der Waals surface area contributed by atoms with E-state index in [1.807, 2.05) is 0 Å². The standard InChI is InChI=1S/C8H12BrNO2S2/c1-8(2,5-10)14(11,12)7-3-6(9)4-13-7/h3-4H,5,10H2,1-2H3. The van der Waals surface area contributed by atoms with Gasteiger partial charge in [0, 0.05) is 16.4 Å². The van der Waals surface area contributed by atoms with Crippen LogP contribution in [0.2, 0.25) is 0 Å². The van der Waals surface area contributed by atoms with Gasteiger partial charge in [-0.15, -0.1) is 11.3 Å². The van der Waals surface area contributed by atoms with Gasteiger partial charge >= 0.3 is 0 Å². The summed E-state index contributed by atoms with van der Waals surface area (Å²) >= 11 is 4.44. The maximum Gasteiger partial charge on any atom is 0.194 e. The molecule has 1 aromatic heterocycles. The first kappa shape index (κ1) is 12.2. The van der Waals surface area contributed by atoms with Crippen molar-refractivity contribution in [3.63, 3.8) is 0 Å². The molecule has 0 bridgehead atoms. The quantitative estimate of drug-likeness (QED) is 0.928. The molecule has 3 nitrogen and oxygen atoms in total. The summed E-state index contributed by atoms with van der Waals surface area (Å²) in [6, 6.07) is 1.61. The molecule has 1 rings (SSSR count). The second-order valence-corrected chi connectivity index (χ2v) is 8.19. The highest BCUT2D eigenvalue weighted by molar-refractivity contribution is 9.10. The summed E-state index contributed by atoms with van der Waals surface area (Å²) in [6.07, 6.45) is 0. The average Bonchev–Trinajstić information content (AvgIpc) is 2.52. The van der Waals surface area contributed by atoms with Crippen LogP contribution in [0.1, 0.15) is 13.8 Å². The van der Waals surface area contributed by atoms with Crippen LogP contribution in [0.4, 0.5) is 0 Å². The van der Waals surface area contributed by atoms with Gasteiger partial charge in [-0.3, -0.25) is 0 Å². The minimum atomic E-state index is -3.30. The van der Waals surface area contributed by atoms with Gasteiger partial charge in [0.05, 0.1) is 4.75 Å². The molecule has 0 aliphatic heterocycles. The molecule has 14 heavy (non-hydrogen) atoms. The van der Waals surface area contributed by atoms with Crippen molar-refractivity contribution < 1.29 is 8.42 Å². The largest absolute Gasteiger partial charge is 0.329 e. The molecule has 0 aromatic carbocycles. The second-order valence-electron chi connectivity index (χ2n) is 3.55. The van der Waals surface area contributed by atoms with Crippen LogP contribution in [0, 0.1) is 0 Å². The zero-order valence-electron chi connectivity index (χ0n) is 7.95. The Morgan fingerprint density at radius 2 is 2.14 bits per heavy atom. The van der Waals surface area contributed by atoms with E-state index in [1.165, 1.54) is 11.3 Å². The van der Waals surface area contributed by atoms with Crippen molar-refractivity contribution in [2.75, 3.05) is 6.54 Å². The van der Waals surface area contributed by atoms with E-state index in [2.05, 4.69) is 15.9 Å². The molecule has 0 fully saturated rings. The molecule has 0 saturated carbocycles. The molecule has 0 atom stereocenters. The number of sulfone groups is 1. The highest BCUT2D eigenvalue weighted by atomic mass is 79.9. The Morgan fingerprint density at radius 3 is 2.50 bits per heavy atom. The van der Waals surface area contributed by atoms with E-state index in [9.17, 15) is 8.42 Å². The van der Waals surface area contributed by atoms with Crippen LogP contribution in [0.25, 0.3) is 0 Å². The lowest BCUT2D eigenvalue weighted by Crippen LogP contribution is -2.39. The summed E-state index contributed by atoms with van der Waals surface area (Å²) in [5.41, 5.74) is 5.45. The summed E-state index contributed by atoms with van der Waals surface area (Å²) in [4.78, 5) is 0. The molecular formula is C8H12BrNO2S2. The highest BCUT2D eigenvalue weighted by Gasteiger charge is 2.35. The summed E-state index contributed by atoms with van der Waals surface area (Å²) in [7, 11) is -3.30. The summed E-state index contributed by atoms with van der Waals surface area (Å²) in [5.74, 6) is 0. The highest BCUT2D eigenvalue weighted by Crippen LogP contribution is 2.31. The molecule has 0 aliphatic rings. The predicted octanol–water partition coefficient (Wildman–Crippen LogP) is 2.02. The first-order valence-corrected chi connectivity index (χ1v) is 7.15. The second kappa shape index (κ2) is 3.92. The lowest BCUT2D eigenvalue weighted by atomic mass is 10.2. The molecule has 0 saturated heterocycles. The van der Waals surface area contributed by atoms with Crippen LogP contribution in [-0.2, 0) is 9.84 Å². The summed E-state index contributed by atoms with van der Waals surface area (Å²) in [6.45, 7) is 3.39. The van der Waals surface area contributed by atoms with Gasteiger partial charge < -0.3 is 5.73 Å². The molecule has 2 N–H and O–H groups in total. The third kappa shape index (κ3) is 2.03. The van der Waals surface area contributed by atoms with Gasteiger partial charge in [-0.05, 0) is 35.8 Å². The van der Waals surface area contributed by atoms with E-state index in [0.717, 1.165) is 4.47 Å². The van der Waals surface area contributed by atoms with Crippen LogP contribution < -0.4 is 5.73 Å². The molecule has 1 aromatic rings. The van der Waals surface area contributed by atoms with Crippen LogP contribution in [0.15, 0.2) is 20.1 Å². The molecule has 0 radical (unpaired) electrons. The van der Waals surface area contributed by atoms with Crippen LogP contribution >= 0.6 is 27.3 Å². The first-order valence-electron chi connectivity index (χ1n) is 4.00. The van der Waals surface area contributed by atoms with E-state index in [-0.39, 0.29) is 6.54 Å². The number of halogens is 1. The average molecular weight is 298 g/mol. The topological polar surface area (TPSA) is 60.2 Å². The zero-order valence-corrected chi connectivity index (χ0v) is 11.2. The molecule has 0 aliphatic carbocycles. The number of nitrogens with two attached hydrogens (primary N) is 1. The predicted molar refractivity (Wildman–Crippen MR) is 62.3 cm³/mol. The fourth-order valence-corrected chi connectivity index (χ4v) is 4.50. The van der Waals surface area contributed by atoms with Gasteiger partial charge in [0.1, 0.15) is 4.21 Å². The van der Waals surface area contributed by atoms with Crippen molar-refractivity contribution in [3.8, 4) is 0 Å². The van der Waals surface area contributed by atoms with Crippen molar-refractivity contribution >= 4 is 37.1 Å². The Kier molecular flexibility index (Phi) is 3.41. The van der Waals surface area contributed by atoms with Crippen molar-refractivity contribution in [3.05, 3.63) is 15.9 Å². The summed E-state index contributed by atoms with van der Waals surface area (Å²) < 4.78 is 24.3. The molecule has 6 heteroatoms. The van der Waals surface area contributed by atoms with Gasteiger partial charge in [-0.2, -0.15) is 0 Å². The lowest BCUT2D eigenvalue weighted by molar-refractivity contribution is 0.551. The van der Waals surface area contributed by atoms with E-state index in [1.54, 1.807) is 25.3 Å². The SMILES string of the molecule is CC(C)(CN)S(=O)(=O)c1cc(Br)cs1. The fourth-order valence-electron chi connectivity index (χ4n) is 0.818. The van der Waals surface area contributed by atoms with Crippen molar-refractivity contribution in [2.24, 2.45) is 5.73 Å². The Balaban J connectivity index is 3.22. The Morgan fingerprint density at radius 1 is 1.57 bits per heavy atom. The van der Waals surface area contributed by atoms with Crippen molar-refractivity contribution in [2.45, 2.75) is 22.8 Å². The number of hydrogen-bond acceptors (Lipinski definition) is 4. The smallest absolute Gasteiger partial charge is 0.194 e. The van der Waals surface area contributed by atoms with Gasteiger partial charge in [0.2, 0.25) is 0 Å². The van der Waals surface area contributed by atoms with E-state index in [4.69, 9.17) is 5.73 Å². The Hall–Kier alpha value is 0.0900. The van der Waals surface area contributed by atoms with Gasteiger partial charge in [0.25, 0.3) is 0 Å². The molecule has 80 valence electrons. The van der Waals surface area contributed by atoms with E-state index < -0.39 is 14.6 Å². The number of thiophene rings is 1. The summed E-state index contributed by atoms with van der Waals surface area (Å²) in [5, 5.41) is 1.75. The minimum Gasteiger partial charge on any atom is -0.329 e. The van der Waals surface area contributed by atoms with Crippen LogP contribution in [0.3, 0.4) is 0 Å². The molecular weight excluding hydrogens is 286 g/mol. The Bertz CT molecular complexity index is 422. The minimum absolute atomic E-state index is 0.116. The number of rotatable bonds is 3. The third-order valence-corrected chi connectivity index (χ3v) is 6.73. The lowest BCUT2D eigenvalue weighted by Gasteiger charge is -2.21. The Labute approximate surface area is 96.4 Å². The van der Waals surface area contributed by atoms with Gasteiger partial charge in [-0.1, -0.05) is 0 Å². The normalized spacial score (nSPS) is 13.1. The monoisotopic (exact) mass is 297 g/mol. The van der Waals surface area contributed by atoms with E-state index >= 15 is 0 Å². The molecule has 0 unspecified atom stereocenters. The zero-order chi connectivity index (χ0) is 11.0. The van der Waals surface area contributed by atoms with Gasteiger partial charge in [0.15, 0.2) is 9.84 Å². The third-order valence-electron chi connectivity index (χ3n) is 2.03. The molecule has 0 spiro atoms. The molecule has 0 amide bonds. The van der Waals surface area contributed by atoms with Crippen LogP contribution in [-0.4, -0.2) is 19.7 Å². The van der Waals surface area contributed by atoms with E-state index in [0.29, 0.717) is 4.21 Å². The number of hydrogen-bond donors (Lipinski definition) is 1. The first-order chi connectivity index (χ1) is 6.31. The van der Waals surface area contributed by atoms with Gasteiger partial charge in [-0.25, -0.2) is 8.42 Å². The van der Waals surface area contributed by atoms with Crippen molar-refractivity contribution in [1.82, 2.24) is 0 Å². The maximum absolute atomic E-state index is 12.0. The fraction of sp³-hybridized carbons (Fsp3) is 0.500. The maximum atomic E-state index is 12.0.